The van der Waals surface area contributed by atoms with Crippen molar-refractivity contribution >= 4 is 11.8 Å². The zero-order chi connectivity index (χ0) is 18.3. The topological polar surface area (TPSA) is 74.6 Å². The Bertz CT molecular complexity index is 736. The Morgan fingerprint density at radius 2 is 2.00 bits per heavy atom. The lowest BCUT2D eigenvalue weighted by molar-refractivity contribution is -0.132. The number of hydrogen-bond donors (Lipinski definition) is 2. The molecule has 5 aliphatic carbocycles. The van der Waals surface area contributed by atoms with Gasteiger partial charge in [-0.05, 0) is 86.2 Å². The minimum atomic E-state index is -0.996. The maximum absolute atomic E-state index is 11.9. The molecular formula is C22H28O4. The average molecular weight is 356 g/mol. The highest BCUT2D eigenvalue weighted by atomic mass is 16.4. The molecule has 8 atom stereocenters. The molecule has 5 aliphatic rings. The summed E-state index contributed by atoms with van der Waals surface area (Å²) in [4.78, 5) is 22.9. The number of hydrogen-bond acceptors (Lipinski definition) is 3. The number of rotatable bonds is 2. The molecule has 0 heterocycles. The van der Waals surface area contributed by atoms with Crippen molar-refractivity contribution < 1.29 is 19.8 Å². The van der Waals surface area contributed by atoms with Crippen LogP contribution in [-0.4, -0.2) is 27.6 Å². The predicted octanol–water partition coefficient (Wildman–Crippen LogP) is 3.36. The van der Waals surface area contributed by atoms with E-state index in [9.17, 15) is 14.7 Å². The van der Waals surface area contributed by atoms with Crippen LogP contribution < -0.4 is 0 Å². The molecule has 4 nitrogen and oxygen atoms in total. The summed E-state index contributed by atoms with van der Waals surface area (Å²) in [5, 5.41) is 20.4. The van der Waals surface area contributed by atoms with Gasteiger partial charge < -0.3 is 10.2 Å². The molecule has 26 heavy (non-hydrogen) atoms. The molecule has 5 rings (SSSR count). The van der Waals surface area contributed by atoms with E-state index in [0.717, 1.165) is 31.8 Å². The first-order valence-electron chi connectivity index (χ1n) is 10.2. The van der Waals surface area contributed by atoms with Crippen LogP contribution in [-0.2, 0) is 9.59 Å². The standard InChI is InChI=1S/C22H28O4/c1-21-7-4-14-13-3-2-12(23)10-15(13)16-11-17(16)20(14)18(21)5-8-22(21,26)9-6-19(24)25/h6,9-10,13-14,16-18,20,26H,2-5,7-8,11H2,1H3,(H,24,25)/b9-6-/t13-,14-,16+,17-,18+,20+,21+,22-/m1/s1. The van der Waals surface area contributed by atoms with Crippen LogP contribution in [0.2, 0.25) is 0 Å². The van der Waals surface area contributed by atoms with Crippen molar-refractivity contribution in [3.63, 3.8) is 0 Å². The Labute approximate surface area is 154 Å². The van der Waals surface area contributed by atoms with Crippen molar-refractivity contribution in [3.05, 3.63) is 23.8 Å². The molecule has 0 aromatic heterocycles. The molecule has 0 saturated heterocycles. The minimum absolute atomic E-state index is 0.223. The van der Waals surface area contributed by atoms with Crippen LogP contribution in [0.15, 0.2) is 23.8 Å². The molecule has 0 radical (unpaired) electrons. The first kappa shape index (κ1) is 16.7. The summed E-state index contributed by atoms with van der Waals surface area (Å²) < 4.78 is 0. The lowest BCUT2D eigenvalue weighted by Crippen LogP contribution is -2.52. The van der Waals surface area contributed by atoms with Crippen molar-refractivity contribution in [3.8, 4) is 0 Å². The molecule has 4 heteroatoms. The number of carbonyl (C=O) groups excluding carboxylic acids is 1. The Hall–Kier alpha value is -1.42. The van der Waals surface area contributed by atoms with Gasteiger partial charge in [0.2, 0.25) is 0 Å². The number of carbonyl (C=O) groups is 2. The molecule has 0 unspecified atom stereocenters. The van der Waals surface area contributed by atoms with Gasteiger partial charge in [-0.15, -0.1) is 0 Å². The van der Waals surface area contributed by atoms with Crippen molar-refractivity contribution in [2.75, 3.05) is 0 Å². The van der Waals surface area contributed by atoms with Gasteiger partial charge in [-0.25, -0.2) is 4.79 Å². The average Bonchev–Trinajstić information content (AvgIpc) is 3.35. The molecule has 0 aromatic rings. The van der Waals surface area contributed by atoms with Crippen LogP contribution in [0.3, 0.4) is 0 Å². The third-order valence-electron chi connectivity index (χ3n) is 8.84. The maximum Gasteiger partial charge on any atom is 0.328 e. The van der Waals surface area contributed by atoms with E-state index in [-0.39, 0.29) is 5.41 Å². The third kappa shape index (κ3) is 2.11. The fourth-order valence-corrected chi connectivity index (χ4v) is 7.54. The predicted molar refractivity (Wildman–Crippen MR) is 96.2 cm³/mol. The van der Waals surface area contributed by atoms with Crippen LogP contribution in [0.4, 0.5) is 0 Å². The lowest BCUT2D eigenvalue weighted by Gasteiger charge is -2.55. The molecular weight excluding hydrogens is 328 g/mol. The highest BCUT2D eigenvalue weighted by Gasteiger charge is 2.67. The fourth-order valence-electron chi connectivity index (χ4n) is 7.54. The van der Waals surface area contributed by atoms with Crippen molar-refractivity contribution in [1.29, 1.82) is 0 Å². The fraction of sp³-hybridized carbons (Fsp3) is 0.727. The van der Waals surface area contributed by atoms with E-state index in [1.165, 1.54) is 12.0 Å². The van der Waals surface area contributed by atoms with Gasteiger partial charge in [-0.2, -0.15) is 0 Å². The van der Waals surface area contributed by atoms with Crippen molar-refractivity contribution in [1.82, 2.24) is 0 Å². The Kier molecular flexibility index (Phi) is 3.42. The molecule has 0 amide bonds. The summed E-state index contributed by atoms with van der Waals surface area (Å²) in [5.41, 5.74) is 0.235. The highest BCUT2D eigenvalue weighted by molar-refractivity contribution is 5.91. The zero-order valence-electron chi connectivity index (χ0n) is 15.4. The summed E-state index contributed by atoms with van der Waals surface area (Å²) in [7, 11) is 0. The smallest absolute Gasteiger partial charge is 0.328 e. The van der Waals surface area contributed by atoms with Crippen molar-refractivity contribution in [2.24, 2.45) is 40.9 Å². The van der Waals surface area contributed by atoms with E-state index in [1.807, 2.05) is 6.08 Å². The Balaban J connectivity index is 1.48. The molecule has 4 saturated carbocycles. The highest BCUT2D eigenvalue weighted by Crippen LogP contribution is 2.72. The second-order valence-corrected chi connectivity index (χ2v) is 9.70. The Morgan fingerprint density at radius 3 is 2.77 bits per heavy atom. The quantitative estimate of drug-likeness (QED) is 0.744. The minimum Gasteiger partial charge on any atom is -0.478 e. The SMILES string of the molecule is C[C@]12CC[C@H]3[C@@H]([C@@H]4C[C@H]4C4=CC(=O)CC[C@@H]43)[C@@H]1CC[C@@]2(O)/C=C\C(=O)O. The van der Waals surface area contributed by atoms with Crippen LogP contribution in [0.5, 0.6) is 0 Å². The van der Waals surface area contributed by atoms with Crippen LogP contribution in [0, 0.1) is 40.9 Å². The number of fused-ring (bicyclic) bond motifs is 8. The summed E-state index contributed by atoms with van der Waals surface area (Å²) in [5.74, 6) is 2.96. The summed E-state index contributed by atoms with van der Waals surface area (Å²) >= 11 is 0. The molecule has 2 N–H and O–H groups in total. The lowest BCUT2D eigenvalue weighted by atomic mass is 9.50. The number of aliphatic hydroxyl groups is 1. The van der Waals surface area contributed by atoms with Crippen LogP contribution in [0.25, 0.3) is 0 Å². The van der Waals surface area contributed by atoms with Gasteiger partial charge in [0.25, 0.3) is 0 Å². The molecule has 140 valence electrons. The van der Waals surface area contributed by atoms with Gasteiger partial charge >= 0.3 is 5.97 Å². The van der Waals surface area contributed by atoms with Gasteiger partial charge in [0.05, 0.1) is 5.60 Å². The van der Waals surface area contributed by atoms with Crippen LogP contribution in [0.1, 0.15) is 51.9 Å². The van der Waals surface area contributed by atoms with E-state index in [4.69, 9.17) is 5.11 Å². The van der Waals surface area contributed by atoms with Gasteiger partial charge in [-0.1, -0.05) is 12.5 Å². The van der Waals surface area contributed by atoms with Gasteiger partial charge in [0.15, 0.2) is 5.78 Å². The normalized spacial score (nSPS) is 51.9. The number of aliphatic carboxylic acids is 1. The zero-order valence-corrected chi connectivity index (χ0v) is 15.4. The van der Waals surface area contributed by atoms with E-state index in [0.29, 0.717) is 54.1 Å². The van der Waals surface area contributed by atoms with E-state index >= 15 is 0 Å². The van der Waals surface area contributed by atoms with Gasteiger partial charge in [0, 0.05) is 17.9 Å². The van der Waals surface area contributed by atoms with Gasteiger partial charge in [-0.3, -0.25) is 4.79 Å². The van der Waals surface area contributed by atoms with E-state index in [1.54, 1.807) is 6.08 Å². The Morgan fingerprint density at radius 1 is 1.19 bits per heavy atom. The maximum atomic E-state index is 11.9. The largest absolute Gasteiger partial charge is 0.478 e. The number of ketones is 1. The number of carboxylic acid groups (broad SMARTS) is 1. The second-order valence-electron chi connectivity index (χ2n) is 9.70. The van der Waals surface area contributed by atoms with Gasteiger partial charge in [0.1, 0.15) is 0 Å². The van der Waals surface area contributed by atoms with E-state index < -0.39 is 11.6 Å². The third-order valence-corrected chi connectivity index (χ3v) is 8.84. The summed E-state index contributed by atoms with van der Waals surface area (Å²) in [6.45, 7) is 2.19. The molecule has 0 bridgehead atoms. The molecule has 0 spiro atoms. The van der Waals surface area contributed by atoms with E-state index in [2.05, 4.69) is 6.92 Å². The van der Waals surface area contributed by atoms with Crippen LogP contribution >= 0.6 is 0 Å². The first-order chi connectivity index (χ1) is 12.3. The number of allylic oxidation sites excluding steroid dienone is 1. The van der Waals surface area contributed by atoms with Crippen molar-refractivity contribution in [2.45, 2.75) is 57.5 Å². The summed E-state index contributed by atoms with van der Waals surface area (Å²) in [6.07, 6.45) is 11.3. The second kappa shape index (κ2) is 5.31. The molecule has 0 aliphatic heterocycles. The number of carboxylic acids is 1. The first-order valence-corrected chi connectivity index (χ1v) is 10.2. The molecule has 4 fully saturated rings. The summed E-state index contributed by atoms with van der Waals surface area (Å²) in [6, 6.07) is 0. The molecule has 0 aromatic carbocycles. The monoisotopic (exact) mass is 356 g/mol.